The van der Waals surface area contributed by atoms with Crippen LogP contribution in [0.2, 0.25) is 0 Å². The van der Waals surface area contributed by atoms with Crippen LogP contribution in [-0.4, -0.2) is 26.1 Å². The van der Waals surface area contributed by atoms with Crippen molar-refractivity contribution in [1.29, 1.82) is 0 Å². The number of rotatable bonds is 5. The fourth-order valence-corrected chi connectivity index (χ4v) is 3.13. The molecule has 0 unspecified atom stereocenters. The topological polar surface area (TPSA) is 72.7 Å². The number of fused-ring (bicyclic) bond motifs is 1. The first-order valence-electron chi connectivity index (χ1n) is 8.81. The maximum atomic E-state index is 12.4. The van der Waals surface area contributed by atoms with Crippen molar-refractivity contribution in [2.24, 2.45) is 0 Å². The van der Waals surface area contributed by atoms with Crippen LogP contribution in [0.5, 0.6) is 0 Å². The first kappa shape index (κ1) is 16.9. The second kappa shape index (κ2) is 7.37. The molecule has 1 atom stereocenters. The molecule has 27 heavy (non-hydrogen) atoms. The van der Waals surface area contributed by atoms with Crippen LogP contribution in [0.25, 0.3) is 22.2 Å². The van der Waals surface area contributed by atoms with E-state index in [9.17, 15) is 4.79 Å². The van der Waals surface area contributed by atoms with E-state index < -0.39 is 0 Å². The van der Waals surface area contributed by atoms with Crippen LogP contribution in [0.15, 0.2) is 72.8 Å². The van der Waals surface area contributed by atoms with Crippen molar-refractivity contribution in [2.45, 2.75) is 19.5 Å². The first-order chi connectivity index (χ1) is 13.2. The second-order valence-corrected chi connectivity index (χ2v) is 6.37. The minimum absolute atomic E-state index is 0.0228. The zero-order chi connectivity index (χ0) is 18.6. The Hall–Kier alpha value is -3.54. The molecule has 0 bridgehead atoms. The maximum Gasteiger partial charge on any atom is 0.244 e. The first-order valence-corrected chi connectivity index (χ1v) is 8.81. The zero-order valence-corrected chi connectivity index (χ0v) is 14.9. The predicted molar refractivity (Wildman–Crippen MR) is 104 cm³/mol. The summed E-state index contributed by atoms with van der Waals surface area (Å²) < 4.78 is 0. The van der Waals surface area contributed by atoms with Crippen molar-refractivity contribution in [1.82, 2.24) is 25.5 Å². The largest absolute Gasteiger partial charge is 0.348 e. The molecule has 1 N–H and O–H groups in total. The lowest BCUT2D eigenvalue weighted by atomic mass is 10.00. The molecule has 0 aliphatic rings. The van der Waals surface area contributed by atoms with E-state index in [2.05, 4.69) is 38.9 Å². The molecule has 6 heteroatoms. The van der Waals surface area contributed by atoms with Gasteiger partial charge in [-0.3, -0.25) is 4.79 Å². The van der Waals surface area contributed by atoms with Gasteiger partial charge in [0.25, 0.3) is 0 Å². The third kappa shape index (κ3) is 3.69. The smallest absolute Gasteiger partial charge is 0.244 e. The Balaban J connectivity index is 1.46. The standard InChI is InChI=1S/C21H19N5O/c1-15(18-13-7-11-16-8-5-6-12-19(16)18)22-20(27)14-26-24-21(23-25-26)17-9-3-2-4-10-17/h2-13,15H,14H2,1H3,(H,22,27)/t15-/m1/s1. The van der Waals surface area contributed by atoms with Gasteiger partial charge < -0.3 is 5.32 Å². The van der Waals surface area contributed by atoms with Gasteiger partial charge in [0.05, 0.1) is 6.04 Å². The highest BCUT2D eigenvalue weighted by Crippen LogP contribution is 2.24. The van der Waals surface area contributed by atoms with E-state index in [-0.39, 0.29) is 18.5 Å². The van der Waals surface area contributed by atoms with Gasteiger partial charge in [0.2, 0.25) is 11.7 Å². The highest BCUT2D eigenvalue weighted by Gasteiger charge is 2.14. The Morgan fingerprint density at radius 1 is 1.00 bits per heavy atom. The summed E-state index contributed by atoms with van der Waals surface area (Å²) >= 11 is 0. The molecule has 134 valence electrons. The summed E-state index contributed by atoms with van der Waals surface area (Å²) in [6, 6.07) is 23.7. The monoisotopic (exact) mass is 357 g/mol. The third-order valence-corrected chi connectivity index (χ3v) is 4.44. The molecule has 3 aromatic carbocycles. The van der Waals surface area contributed by atoms with Crippen molar-refractivity contribution in [3.63, 3.8) is 0 Å². The van der Waals surface area contributed by atoms with E-state index >= 15 is 0 Å². The van der Waals surface area contributed by atoms with Crippen LogP contribution in [-0.2, 0) is 11.3 Å². The SMILES string of the molecule is C[C@@H](NC(=O)Cn1nnc(-c2ccccc2)n1)c1cccc2ccccc12. The summed E-state index contributed by atoms with van der Waals surface area (Å²) in [5, 5.41) is 17.6. The Morgan fingerprint density at radius 2 is 1.74 bits per heavy atom. The quantitative estimate of drug-likeness (QED) is 0.594. The molecule has 0 aliphatic heterocycles. The van der Waals surface area contributed by atoms with E-state index in [0.29, 0.717) is 5.82 Å². The lowest BCUT2D eigenvalue weighted by molar-refractivity contribution is -0.122. The molecule has 0 aliphatic carbocycles. The number of amides is 1. The summed E-state index contributed by atoms with van der Waals surface area (Å²) in [5.41, 5.74) is 1.95. The number of tetrazole rings is 1. The number of carbonyl (C=O) groups excluding carboxylic acids is 1. The summed E-state index contributed by atoms with van der Waals surface area (Å²) in [4.78, 5) is 13.8. The van der Waals surface area contributed by atoms with Crippen molar-refractivity contribution >= 4 is 16.7 Å². The Bertz CT molecular complexity index is 1070. The lowest BCUT2D eigenvalue weighted by Crippen LogP contribution is -2.31. The summed E-state index contributed by atoms with van der Waals surface area (Å²) in [6.07, 6.45) is 0. The summed E-state index contributed by atoms with van der Waals surface area (Å²) in [7, 11) is 0. The number of nitrogens with one attached hydrogen (secondary N) is 1. The van der Waals surface area contributed by atoms with Gasteiger partial charge in [0, 0.05) is 5.56 Å². The number of benzene rings is 3. The van der Waals surface area contributed by atoms with E-state index in [1.807, 2.05) is 61.5 Å². The van der Waals surface area contributed by atoms with E-state index in [0.717, 1.165) is 21.9 Å². The van der Waals surface area contributed by atoms with Gasteiger partial charge in [-0.25, -0.2) is 0 Å². The second-order valence-electron chi connectivity index (χ2n) is 6.37. The fraction of sp³-hybridized carbons (Fsp3) is 0.143. The van der Waals surface area contributed by atoms with Crippen molar-refractivity contribution in [2.75, 3.05) is 0 Å². The highest BCUT2D eigenvalue weighted by molar-refractivity contribution is 5.86. The molecular formula is C21H19N5O. The Labute approximate surface area is 156 Å². The maximum absolute atomic E-state index is 12.4. The van der Waals surface area contributed by atoms with E-state index in [1.54, 1.807) is 0 Å². The van der Waals surface area contributed by atoms with E-state index in [4.69, 9.17) is 0 Å². The molecule has 1 aromatic heterocycles. The van der Waals surface area contributed by atoms with Crippen LogP contribution < -0.4 is 5.32 Å². The van der Waals surface area contributed by atoms with Crippen LogP contribution in [0.4, 0.5) is 0 Å². The number of hydrogen-bond acceptors (Lipinski definition) is 4. The number of aromatic nitrogens is 4. The molecule has 0 radical (unpaired) electrons. The molecule has 0 saturated heterocycles. The predicted octanol–water partition coefficient (Wildman–Crippen LogP) is 3.37. The third-order valence-electron chi connectivity index (χ3n) is 4.44. The van der Waals surface area contributed by atoms with Gasteiger partial charge in [0.15, 0.2) is 0 Å². The molecule has 0 saturated carbocycles. The van der Waals surface area contributed by atoms with Crippen LogP contribution in [0.1, 0.15) is 18.5 Å². The van der Waals surface area contributed by atoms with Gasteiger partial charge in [-0.2, -0.15) is 4.80 Å². The molecular weight excluding hydrogens is 338 g/mol. The summed E-state index contributed by atoms with van der Waals surface area (Å²) in [6.45, 7) is 2.00. The molecule has 1 heterocycles. The average molecular weight is 357 g/mol. The molecule has 4 aromatic rings. The zero-order valence-electron chi connectivity index (χ0n) is 14.9. The van der Waals surface area contributed by atoms with Crippen molar-refractivity contribution < 1.29 is 4.79 Å². The number of hydrogen-bond donors (Lipinski definition) is 1. The van der Waals surface area contributed by atoms with Crippen LogP contribution in [0, 0.1) is 0 Å². The van der Waals surface area contributed by atoms with Gasteiger partial charge in [-0.15, -0.1) is 10.2 Å². The minimum Gasteiger partial charge on any atom is -0.348 e. The minimum atomic E-state index is -0.160. The van der Waals surface area contributed by atoms with Gasteiger partial charge in [0.1, 0.15) is 6.54 Å². The Kier molecular flexibility index (Phi) is 4.61. The highest BCUT2D eigenvalue weighted by atomic mass is 16.2. The van der Waals surface area contributed by atoms with Crippen molar-refractivity contribution in [3.05, 3.63) is 78.4 Å². The normalized spacial score (nSPS) is 12.0. The van der Waals surface area contributed by atoms with Gasteiger partial charge in [-0.1, -0.05) is 72.8 Å². The summed E-state index contributed by atoms with van der Waals surface area (Å²) in [5.74, 6) is 0.345. The lowest BCUT2D eigenvalue weighted by Gasteiger charge is -2.16. The average Bonchev–Trinajstić information content (AvgIpc) is 3.16. The van der Waals surface area contributed by atoms with Crippen LogP contribution >= 0.6 is 0 Å². The number of nitrogens with zero attached hydrogens (tertiary/aromatic N) is 4. The molecule has 0 spiro atoms. The molecule has 1 amide bonds. The van der Waals surface area contributed by atoms with Crippen molar-refractivity contribution in [3.8, 4) is 11.4 Å². The van der Waals surface area contributed by atoms with Gasteiger partial charge >= 0.3 is 0 Å². The Morgan fingerprint density at radius 3 is 2.59 bits per heavy atom. The molecule has 4 rings (SSSR count). The van der Waals surface area contributed by atoms with E-state index in [1.165, 1.54) is 4.80 Å². The molecule has 0 fully saturated rings. The fourth-order valence-electron chi connectivity index (χ4n) is 3.13. The number of carbonyl (C=O) groups is 1. The molecule has 6 nitrogen and oxygen atoms in total. The van der Waals surface area contributed by atoms with Crippen LogP contribution in [0.3, 0.4) is 0 Å². The van der Waals surface area contributed by atoms with Gasteiger partial charge in [-0.05, 0) is 28.5 Å².